The van der Waals surface area contributed by atoms with Crippen molar-refractivity contribution in [3.05, 3.63) is 89.5 Å². The van der Waals surface area contributed by atoms with Gasteiger partial charge in [-0.2, -0.15) is 4.79 Å². The van der Waals surface area contributed by atoms with E-state index in [0.29, 0.717) is 24.3 Å². The number of amides is 3. The number of ether oxygens (including phenoxy) is 2. The topological polar surface area (TPSA) is 102 Å². The molecule has 8 nitrogen and oxygen atoms in total. The molecule has 1 aliphatic heterocycles. The van der Waals surface area contributed by atoms with Crippen LogP contribution in [0.1, 0.15) is 50.3 Å². The fourth-order valence-electron chi connectivity index (χ4n) is 4.92. The van der Waals surface area contributed by atoms with E-state index in [-0.39, 0.29) is 19.6 Å². The van der Waals surface area contributed by atoms with E-state index < -0.39 is 34.1 Å². The SMILES string of the molecule is CCOc1ccc2c(c1)C[N+](C(=O)NCC(C(=O)O)c1ccc(-c3ccccc3)cc1)(C(=O)OC(C)(C)C)CC2. The number of imide groups is 1. The molecular formula is C32H37N2O6+. The summed E-state index contributed by atoms with van der Waals surface area (Å²) in [6, 6.07) is 22.2. The van der Waals surface area contributed by atoms with Crippen molar-refractivity contribution in [2.45, 2.75) is 52.2 Å². The summed E-state index contributed by atoms with van der Waals surface area (Å²) in [5.74, 6) is -1.40. The largest absolute Gasteiger partial charge is 0.526 e. The molecule has 0 saturated carbocycles. The van der Waals surface area contributed by atoms with Crippen molar-refractivity contribution in [3.8, 4) is 16.9 Å². The van der Waals surface area contributed by atoms with Gasteiger partial charge in [-0.15, -0.1) is 4.48 Å². The standard InChI is InChI=1S/C32H36N2O6/c1-5-39-27-16-15-24-17-18-34(21-26(24)19-27,31(38)40-32(2,3)4)30(37)33-20-28(29(35)36)25-13-11-23(12-14-25)22-9-7-6-8-10-22/h6-16,19,28H,5,17-18,20-21H2,1-4H3,(H-,33,35,36,37)/p+1. The molecule has 1 aliphatic rings. The maximum Gasteiger partial charge on any atom is 0.526 e. The van der Waals surface area contributed by atoms with Crippen LogP contribution in [0.25, 0.3) is 11.1 Å². The van der Waals surface area contributed by atoms with Gasteiger partial charge in [0.25, 0.3) is 0 Å². The number of nitrogens with zero attached hydrogens (tertiary/aromatic N) is 1. The third-order valence-corrected chi connectivity index (χ3v) is 7.00. The summed E-state index contributed by atoms with van der Waals surface area (Å²) >= 11 is 0. The van der Waals surface area contributed by atoms with Gasteiger partial charge in [-0.25, -0.2) is 4.79 Å². The Bertz CT molecular complexity index is 1360. The average Bonchev–Trinajstić information content (AvgIpc) is 2.92. The molecular weight excluding hydrogens is 508 g/mol. The Morgan fingerprint density at radius 3 is 2.25 bits per heavy atom. The van der Waals surface area contributed by atoms with E-state index in [0.717, 1.165) is 22.3 Å². The average molecular weight is 546 g/mol. The second-order valence-electron chi connectivity index (χ2n) is 11.0. The number of hydrogen-bond donors (Lipinski definition) is 2. The summed E-state index contributed by atoms with van der Waals surface area (Å²) in [5, 5.41) is 12.8. The molecule has 2 N–H and O–H groups in total. The number of aliphatic carboxylic acids is 1. The number of carbonyl (C=O) groups is 3. The molecule has 1 heterocycles. The fraction of sp³-hybridized carbons (Fsp3) is 0.344. The number of quaternary nitrogens is 1. The van der Waals surface area contributed by atoms with Gasteiger partial charge in [0.05, 0.1) is 12.5 Å². The molecule has 4 rings (SSSR count). The minimum Gasteiger partial charge on any atom is -0.494 e. The van der Waals surface area contributed by atoms with Crippen LogP contribution in [0.15, 0.2) is 72.8 Å². The minimum atomic E-state index is -1.07. The van der Waals surface area contributed by atoms with Crippen molar-refractivity contribution in [2.24, 2.45) is 0 Å². The van der Waals surface area contributed by atoms with Gasteiger partial charge < -0.3 is 19.9 Å². The molecule has 210 valence electrons. The monoisotopic (exact) mass is 545 g/mol. The summed E-state index contributed by atoms with van der Waals surface area (Å²) in [5.41, 5.74) is 3.60. The van der Waals surface area contributed by atoms with E-state index >= 15 is 0 Å². The lowest BCUT2D eigenvalue weighted by atomic mass is 9.96. The third-order valence-electron chi connectivity index (χ3n) is 7.00. The molecule has 0 bridgehead atoms. The van der Waals surface area contributed by atoms with E-state index in [1.54, 1.807) is 32.9 Å². The van der Waals surface area contributed by atoms with Crippen molar-refractivity contribution in [1.29, 1.82) is 0 Å². The van der Waals surface area contributed by atoms with Gasteiger partial charge in [0.2, 0.25) is 0 Å². The van der Waals surface area contributed by atoms with Crippen LogP contribution in [0.2, 0.25) is 0 Å². The molecule has 0 spiro atoms. The summed E-state index contributed by atoms with van der Waals surface area (Å²) in [6.07, 6.45) is -0.186. The Morgan fingerprint density at radius 1 is 0.950 bits per heavy atom. The lowest BCUT2D eigenvalue weighted by Crippen LogP contribution is -2.63. The predicted molar refractivity (Wildman–Crippen MR) is 152 cm³/mol. The minimum absolute atomic E-state index is 0.0838. The van der Waals surface area contributed by atoms with Gasteiger partial charge in [-0.3, -0.25) is 4.79 Å². The predicted octanol–water partition coefficient (Wildman–Crippen LogP) is 6.14. The highest BCUT2D eigenvalue weighted by Gasteiger charge is 2.50. The maximum absolute atomic E-state index is 13.8. The second-order valence-corrected chi connectivity index (χ2v) is 11.0. The Hall–Kier alpha value is -4.17. The van der Waals surface area contributed by atoms with Crippen molar-refractivity contribution < 1.29 is 33.4 Å². The number of carboxylic acid groups (broad SMARTS) is 1. The van der Waals surface area contributed by atoms with Crippen LogP contribution in [-0.4, -0.2) is 53.0 Å². The zero-order valence-electron chi connectivity index (χ0n) is 23.5. The lowest BCUT2D eigenvalue weighted by molar-refractivity contribution is -0.795. The van der Waals surface area contributed by atoms with Crippen molar-refractivity contribution >= 4 is 18.1 Å². The number of hydrogen-bond acceptors (Lipinski definition) is 5. The molecule has 0 aromatic heterocycles. The number of urea groups is 1. The first-order valence-electron chi connectivity index (χ1n) is 13.5. The van der Waals surface area contributed by atoms with Gasteiger partial charge in [-0.1, -0.05) is 60.7 Å². The molecule has 0 fully saturated rings. The Kier molecular flexibility index (Phi) is 8.59. The van der Waals surface area contributed by atoms with E-state index in [1.807, 2.05) is 67.6 Å². The summed E-state index contributed by atoms with van der Waals surface area (Å²) in [4.78, 5) is 39.6. The van der Waals surface area contributed by atoms with E-state index in [1.165, 1.54) is 0 Å². The van der Waals surface area contributed by atoms with Crippen LogP contribution < -0.4 is 10.1 Å². The van der Waals surface area contributed by atoms with Crippen molar-refractivity contribution in [3.63, 3.8) is 0 Å². The maximum atomic E-state index is 13.8. The zero-order valence-corrected chi connectivity index (χ0v) is 23.5. The van der Waals surface area contributed by atoms with Gasteiger partial charge in [0.15, 0.2) is 0 Å². The highest BCUT2D eigenvalue weighted by Crippen LogP contribution is 2.31. The summed E-state index contributed by atoms with van der Waals surface area (Å²) in [6.45, 7) is 7.76. The first kappa shape index (κ1) is 28.8. The molecule has 2 unspecified atom stereocenters. The number of nitrogens with one attached hydrogen (secondary N) is 1. The van der Waals surface area contributed by atoms with Gasteiger partial charge >= 0.3 is 18.1 Å². The Morgan fingerprint density at radius 2 is 1.62 bits per heavy atom. The first-order chi connectivity index (χ1) is 19.0. The zero-order chi connectivity index (χ0) is 28.9. The highest BCUT2D eigenvalue weighted by molar-refractivity contribution is 5.82. The quantitative estimate of drug-likeness (QED) is 0.346. The first-order valence-corrected chi connectivity index (χ1v) is 13.5. The van der Waals surface area contributed by atoms with Gasteiger partial charge in [-0.05, 0) is 62.1 Å². The number of carboxylic acids is 1. The van der Waals surface area contributed by atoms with E-state index in [2.05, 4.69) is 5.32 Å². The second kappa shape index (κ2) is 11.9. The molecule has 3 aromatic carbocycles. The fourth-order valence-corrected chi connectivity index (χ4v) is 4.92. The van der Waals surface area contributed by atoms with Crippen molar-refractivity contribution in [2.75, 3.05) is 19.7 Å². The number of benzene rings is 3. The smallest absolute Gasteiger partial charge is 0.494 e. The lowest BCUT2D eigenvalue weighted by Gasteiger charge is -2.37. The molecule has 0 saturated heterocycles. The molecule has 2 atom stereocenters. The third kappa shape index (κ3) is 6.51. The van der Waals surface area contributed by atoms with E-state index in [4.69, 9.17) is 9.47 Å². The Balaban J connectivity index is 1.57. The van der Waals surface area contributed by atoms with Gasteiger partial charge in [0, 0.05) is 18.5 Å². The Labute approximate surface area is 235 Å². The molecule has 0 aliphatic carbocycles. The number of rotatable bonds is 7. The van der Waals surface area contributed by atoms with Crippen LogP contribution in [0, 0.1) is 0 Å². The molecule has 8 heteroatoms. The summed E-state index contributed by atoms with van der Waals surface area (Å²) < 4.78 is 10.7. The van der Waals surface area contributed by atoms with Crippen LogP contribution in [0.5, 0.6) is 5.75 Å². The number of fused-ring (bicyclic) bond motifs is 1. The van der Waals surface area contributed by atoms with Crippen LogP contribution in [-0.2, 0) is 22.5 Å². The summed E-state index contributed by atoms with van der Waals surface area (Å²) in [7, 11) is 0. The van der Waals surface area contributed by atoms with Gasteiger partial charge in [0.1, 0.15) is 24.4 Å². The van der Waals surface area contributed by atoms with Crippen LogP contribution in [0.3, 0.4) is 0 Å². The normalized spacial score (nSPS) is 17.3. The number of carbonyl (C=O) groups excluding carboxylic acids is 2. The molecule has 3 amide bonds. The highest BCUT2D eigenvalue weighted by atomic mass is 16.6. The van der Waals surface area contributed by atoms with E-state index in [9.17, 15) is 19.5 Å². The molecule has 40 heavy (non-hydrogen) atoms. The van der Waals surface area contributed by atoms with Crippen LogP contribution in [0.4, 0.5) is 9.59 Å². The molecule has 3 aromatic rings. The van der Waals surface area contributed by atoms with Crippen molar-refractivity contribution in [1.82, 2.24) is 5.32 Å². The molecule has 0 radical (unpaired) electrons. The van der Waals surface area contributed by atoms with Crippen LogP contribution >= 0.6 is 0 Å².